The van der Waals surface area contributed by atoms with E-state index >= 15 is 0 Å². The van der Waals surface area contributed by atoms with Gasteiger partial charge in [0.2, 0.25) is 5.90 Å². The molecule has 0 saturated carbocycles. The van der Waals surface area contributed by atoms with E-state index < -0.39 is 0 Å². The molecule has 2 heterocycles. The van der Waals surface area contributed by atoms with Gasteiger partial charge in [-0.1, -0.05) is 45.2 Å². The van der Waals surface area contributed by atoms with Gasteiger partial charge in [-0.2, -0.15) is 0 Å². The monoisotopic (exact) mass is 384 g/mol. The van der Waals surface area contributed by atoms with Crippen molar-refractivity contribution in [2.24, 2.45) is 4.99 Å². The number of rotatable bonds is 2. The highest BCUT2D eigenvalue weighted by Crippen LogP contribution is 2.32. The van der Waals surface area contributed by atoms with Crippen LogP contribution in [-0.2, 0) is 4.74 Å². The lowest BCUT2D eigenvalue weighted by Gasteiger charge is -2.09. The summed E-state index contributed by atoms with van der Waals surface area (Å²) in [5, 5.41) is 0.879. The van der Waals surface area contributed by atoms with Crippen LogP contribution in [0.2, 0.25) is 10.0 Å². The Morgan fingerprint density at radius 2 is 1.95 bits per heavy atom. The summed E-state index contributed by atoms with van der Waals surface area (Å²) in [5.41, 5.74) is 2.90. The Kier molecular flexibility index (Phi) is 4.20. The first kappa shape index (κ1) is 14.8. The van der Waals surface area contributed by atoms with Crippen LogP contribution in [0.1, 0.15) is 22.7 Å². The number of pyridine rings is 1. The van der Waals surface area contributed by atoms with Crippen LogP contribution in [0, 0.1) is 6.92 Å². The molecule has 0 bridgehead atoms. The summed E-state index contributed by atoms with van der Waals surface area (Å²) in [6.07, 6.45) is 3.07. The quantitative estimate of drug-likeness (QED) is 0.730. The standard InChI is InChI=1S/C15H11BrCl2N2O/c1-8-4-9(16)2-3-10(8)13-7-21-15(20-13)14-11(17)5-19-6-12(14)18/h2-6,13H,7H2,1H3. The molecule has 0 saturated heterocycles. The molecular weight excluding hydrogens is 375 g/mol. The van der Waals surface area contributed by atoms with Crippen molar-refractivity contribution in [3.8, 4) is 0 Å². The van der Waals surface area contributed by atoms with E-state index in [1.165, 1.54) is 12.4 Å². The number of halogens is 3. The number of aryl methyl sites for hydroxylation is 1. The zero-order chi connectivity index (χ0) is 15.0. The highest BCUT2D eigenvalue weighted by molar-refractivity contribution is 9.10. The Morgan fingerprint density at radius 1 is 1.24 bits per heavy atom. The summed E-state index contributed by atoms with van der Waals surface area (Å²) in [7, 11) is 0. The van der Waals surface area contributed by atoms with Crippen LogP contribution in [0.5, 0.6) is 0 Å². The Balaban J connectivity index is 1.98. The van der Waals surface area contributed by atoms with Crippen molar-refractivity contribution in [2.75, 3.05) is 6.61 Å². The second-order valence-electron chi connectivity index (χ2n) is 4.74. The molecule has 108 valence electrons. The van der Waals surface area contributed by atoms with Crippen molar-refractivity contribution < 1.29 is 4.74 Å². The normalized spacial score (nSPS) is 17.5. The van der Waals surface area contributed by atoms with E-state index in [0.717, 1.165) is 15.6 Å². The van der Waals surface area contributed by atoms with E-state index in [4.69, 9.17) is 27.9 Å². The largest absolute Gasteiger partial charge is 0.475 e. The highest BCUT2D eigenvalue weighted by atomic mass is 79.9. The van der Waals surface area contributed by atoms with Crippen molar-refractivity contribution in [1.29, 1.82) is 0 Å². The van der Waals surface area contributed by atoms with Crippen LogP contribution in [0.3, 0.4) is 0 Å². The molecule has 1 aromatic heterocycles. The number of aromatic nitrogens is 1. The molecule has 0 N–H and O–H groups in total. The summed E-state index contributed by atoms with van der Waals surface area (Å²) < 4.78 is 6.74. The topological polar surface area (TPSA) is 34.5 Å². The maximum absolute atomic E-state index is 6.14. The Hall–Kier alpha value is -1.10. The van der Waals surface area contributed by atoms with Crippen molar-refractivity contribution in [3.63, 3.8) is 0 Å². The van der Waals surface area contributed by atoms with Crippen LogP contribution >= 0.6 is 39.1 Å². The Labute approximate surface area is 141 Å². The Bertz CT molecular complexity index is 713. The minimum Gasteiger partial charge on any atom is -0.475 e. The predicted octanol–water partition coefficient (Wildman–Crippen LogP) is 4.98. The second kappa shape index (κ2) is 5.95. The summed E-state index contributed by atoms with van der Waals surface area (Å²) in [6.45, 7) is 2.53. The molecule has 1 aliphatic heterocycles. The number of hydrogen-bond donors (Lipinski definition) is 0. The molecule has 0 fully saturated rings. The summed E-state index contributed by atoms with van der Waals surface area (Å²) >= 11 is 15.7. The number of benzene rings is 1. The zero-order valence-electron chi connectivity index (χ0n) is 11.1. The third-order valence-corrected chi connectivity index (χ3v) is 4.38. The first-order valence-corrected chi connectivity index (χ1v) is 7.87. The van der Waals surface area contributed by atoms with Gasteiger partial charge in [-0.05, 0) is 30.2 Å². The summed E-state index contributed by atoms with van der Waals surface area (Å²) in [6, 6.07) is 6.07. The van der Waals surface area contributed by atoms with E-state index in [1.807, 2.05) is 6.07 Å². The molecule has 0 radical (unpaired) electrons. The van der Waals surface area contributed by atoms with E-state index in [9.17, 15) is 0 Å². The van der Waals surface area contributed by atoms with Gasteiger partial charge in [0.25, 0.3) is 0 Å². The fraction of sp³-hybridized carbons (Fsp3) is 0.200. The molecule has 2 aromatic rings. The van der Waals surface area contributed by atoms with Crippen molar-refractivity contribution in [2.45, 2.75) is 13.0 Å². The van der Waals surface area contributed by atoms with Crippen LogP contribution < -0.4 is 0 Å². The molecule has 0 amide bonds. The van der Waals surface area contributed by atoms with E-state index in [2.05, 4.69) is 45.0 Å². The third-order valence-electron chi connectivity index (χ3n) is 3.31. The number of ether oxygens (including phenoxy) is 1. The first-order chi connectivity index (χ1) is 10.1. The third kappa shape index (κ3) is 2.93. The van der Waals surface area contributed by atoms with Crippen LogP contribution in [0.4, 0.5) is 0 Å². The van der Waals surface area contributed by atoms with Gasteiger partial charge in [0.05, 0.1) is 15.6 Å². The van der Waals surface area contributed by atoms with Gasteiger partial charge in [0.15, 0.2) is 0 Å². The number of nitrogens with zero attached hydrogens (tertiary/aromatic N) is 2. The fourth-order valence-corrected chi connectivity index (χ4v) is 3.30. The van der Waals surface area contributed by atoms with Crippen molar-refractivity contribution >= 4 is 45.0 Å². The fourth-order valence-electron chi connectivity index (χ4n) is 2.30. The highest BCUT2D eigenvalue weighted by Gasteiger charge is 2.26. The lowest BCUT2D eigenvalue weighted by Crippen LogP contribution is -2.03. The van der Waals surface area contributed by atoms with Crippen LogP contribution in [-0.4, -0.2) is 17.5 Å². The predicted molar refractivity (Wildman–Crippen MR) is 88.4 cm³/mol. The molecular formula is C15H11BrCl2N2O. The average molecular weight is 386 g/mol. The van der Waals surface area contributed by atoms with Gasteiger partial charge < -0.3 is 4.74 Å². The van der Waals surface area contributed by atoms with Crippen molar-refractivity contribution in [1.82, 2.24) is 4.98 Å². The molecule has 6 heteroatoms. The Morgan fingerprint density at radius 3 is 2.62 bits per heavy atom. The molecule has 1 aromatic carbocycles. The zero-order valence-corrected chi connectivity index (χ0v) is 14.2. The summed E-state index contributed by atoms with van der Waals surface area (Å²) in [4.78, 5) is 8.56. The molecule has 0 aliphatic carbocycles. The maximum Gasteiger partial charge on any atom is 0.220 e. The van der Waals surface area contributed by atoms with E-state index in [-0.39, 0.29) is 6.04 Å². The van der Waals surface area contributed by atoms with Gasteiger partial charge in [0, 0.05) is 16.9 Å². The minimum absolute atomic E-state index is 0.0478. The number of hydrogen-bond acceptors (Lipinski definition) is 3. The lowest BCUT2D eigenvalue weighted by molar-refractivity contribution is 0.319. The SMILES string of the molecule is Cc1cc(Br)ccc1C1COC(c2c(Cl)cncc2Cl)=N1. The summed E-state index contributed by atoms with van der Waals surface area (Å²) in [5.74, 6) is 0.472. The van der Waals surface area contributed by atoms with E-state index in [1.54, 1.807) is 0 Å². The minimum atomic E-state index is -0.0478. The van der Waals surface area contributed by atoms with E-state index in [0.29, 0.717) is 28.1 Å². The molecule has 3 nitrogen and oxygen atoms in total. The molecule has 0 spiro atoms. The van der Waals surface area contributed by atoms with Gasteiger partial charge in [-0.15, -0.1) is 0 Å². The molecule has 1 aliphatic rings. The maximum atomic E-state index is 6.14. The van der Waals surface area contributed by atoms with Gasteiger partial charge in [-0.25, -0.2) is 4.99 Å². The smallest absolute Gasteiger partial charge is 0.220 e. The molecule has 3 rings (SSSR count). The van der Waals surface area contributed by atoms with Gasteiger partial charge >= 0.3 is 0 Å². The first-order valence-electron chi connectivity index (χ1n) is 6.32. The average Bonchev–Trinajstić information content (AvgIpc) is 2.87. The molecule has 1 atom stereocenters. The van der Waals surface area contributed by atoms with Gasteiger partial charge in [-0.3, -0.25) is 4.98 Å². The van der Waals surface area contributed by atoms with Crippen molar-refractivity contribution in [3.05, 3.63) is 61.8 Å². The van der Waals surface area contributed by atoms with Gasteiger partial charge in [0.1, 0.15) is 12.6 Å². The second-order valence-corrected chi connectivity index (χ2v) is 6.47. The number of aliphatic imine (C=N–C) groups is 1. The van der Waals surface area contributed by atoms with Crippen LogP contribution in [0.25, 0.3) is 0 Å². The molecule has 1 unspecified atom stereocenters. The molecule has 21 heavy (non-hydrogen) atoms. The van der Waals surface area contributed by atoms with Crippen LogP contribution in [0.15, 0.2) is 40.1 Å². The lowest BCUT2D eigenvalue weighted by atomic mass is 10.0.